The first-order valence-electron chi connectivity index (χ1n) is 11.9. The molecule has 172 valence electrons. The molecule has 0 aliphatic carbocycles. The van der Waals surface area contributed by atoms with Crippen LogP contribution in [-0.4, -0.2) is 36.2 Å². The van der Waals surface area contributed by atoms with Gasteiger partial charge in [0.05, 0.1) is 0 Å². The Morgan fingerprint density at radius 1 is 0.941 bits per heavy atom. The van der Waals surface area contributed by atoms with Gasteiger partial charge >= 0.3 is 0 Å². The molecule has 0 unspecified atom stereocenters. The maximum absolute atomic E-state index is 9.74. The number of rotatable bonds is 7. The van der Waals surface area contributed by atoms with Crippen molar-refractivity contribution in [3.05, 3.63) is 83.4 Å². The Labute approximate surface area is 205 Å². The number of nitrogens with zero attached hydrogens (tertiary/aromatic N) is 1. The van der Waals surface area contributed by atoms with E-state index in [1.165, 1.54) is 58.4 Å². The lowest BCUT2D eigenvalue weighted by molar-refractivity contribution is 0.183. The van der Waals surface area contributed by atoms with Gasteiger partial charge < -0.3 is 9.84 Å². The predicted octanol–water partition coefficient (Wildman–Crippen LogP) is 6.71. The number of hydrogen-bond donors (Lipinski definition) is 1. The molecule has 0 saturated carbocycles. The van der Waals surface area contributed by atoms with E-state index in [0.717, 1.165) is 36.4 Å². The van der Waals surface area contributed by atoms with Gasteiger partial charge in [-0.3, -0.25) is 4.90 Å². The third-order valence-corrected chi connectivity index (χ3v) is 7.76. The third kappa shape index (κ3) is 5.12. The number of hydrogen-bond acceptors (Lipinski definition) is 4. The summed E-state index contributed by atoms with van der Waals surface area (Å²) < 4.78 is 7.20. The SMILES string of the molecule is C#Cc1ccc2c(Cc3ccc(OCCN4CCCCC4)cc3)c(-c3ccc(O)cc3)sc2c1. The molecule has 1 N–H and O–H groups in total. The summed E-state index contributed by atoms with van der Waals surface area (Å²) in [6.07, 6.45) is 10.4. The molecule has 1 aromatic heterocycles. The maximum Gasteiger partial charge on any atom is 0.119 e. The zero-order valence-electron chi connectivity index (χ0n) is 19.3. The van der Waals surface area contributed by atoms with E-state index in [-0.39, 0.29) is 5.75 Å². The quantitative estimate of drug-likeness (QED) is 0.307. The molecule has 3 aromatic carbocycles. The van der Waals surface area contributed by atoms with Crippen molar-refractivity contribution < 1.29 is 9.84 Å². The molecule has 1 saturated heterocycles. The zero-order valence-corrected chi connectivity index (χ0v) is 20.1. The van der Waals surface area contributed by atoms with Crippen LogP contribution in [0.3, 0.4) is 0 Å². The Morgan fingerprint density at radius 2 is 1.71 bits per heavy atom. The summed E-state index contributed by atoms with van der Waals surface area (Å²) in [5, 5.41) is 11.0. The minimum Gasteiger partial charge on any atom is -0.508 e. The number of ether oxygens (including phenoxy) is 1. The molecule has 4 aromatic rings. The van der Waals surface area contributed by atoms with Crippen molar-refractivity contribution in [1.29, 1.82) is 0 Å². The molecule has 1 aliphatic heterocycles. The molecular formula is C30H29NO2S. The molecule has 34 heavy (non-hydrogen) atoms. The van der Waals surface area contributed by atoms with Crippen LogP contribution in [0.1, 0.15) is 36.0 Å². The van der Waals surface area contributed by atoms with Crippen LogP contribution < -0.4 is 4.74 Å². The van der Waals surface area contributed by atoms with Gasteiger partial charge in [-0.25, -0.2) is 0 Å². The number of phenols is 1. The Bertz CT molecular complexity index is 1290. The standard InChI is InChI=1S/C30H29NO2S/c1-2-22-8-15-27-28(30(34-29(27)21-22)24-9-11-25(32)12-10-24)20-23-6-13-26(14-7-23)33-19-18-31-16-4-3-5-17-31/h1,6-15,21,32H,3-5,16-20H2. The second-order valence-corrected chi connectivity index (χ2v) is 9.94. The number of likely N-dealkylation sites (tertiary alicyclic amines) is 1. The van der Waals surface area contributed by atoms with Crippen LogP contribution in [0.2, 0.25) is 0 Å². The second-order valence-electron chi connectivity index (χ2n) is 8.88. The summed E-state index contributed by atoms with van der Waals surface area (Å²) in [7, 11) is 0. The largest absolute Gasteiger partial charge is 0.508 e. The summed E-state index contributed by atoms with van der Waals surface area (Å²) in [4.78, 5) is 3.71. The topological polar surface area (TPSA) is 32.7 Å². The van der Waals surface area contributed by atoms with Crippen LogP contribution in [-0.2, 0) is 6.42 Å². The number of aromatic hydroxyl groups is 1. The first-order chi connectivity index (χ1) is 16.7. The number of thiophene rings is 1. The minimum absolute atomic E-state index is 0.275. The molecule has 0 amide bonds. The highest BCUT2D eigenvalue weighted by Gasteiger charge is 2.15. The van der Waals surface area contributed by atoms with E-state index in [9.17, 15) is 5.11 Å². The van der Waals surface area contributed by atoms with Crippen LogP contribution in [0.25, 0.3) is 20.5 Å². The molecule has 0 radical (unpaired) electrons. The van der Waals surface area contributed by atoms with Crippen molar-refractivity contribution >= 4 is 21.4 Å². The van der Waals surface area contributed by atoms with Gasteiger partial charge in [0.1, 0.15) is 18.1 Å². The number of fused-ring (bicyclic) bond motifs is 1. The zero-order chi connectivity index (χ0) is 23.3. The maximum atomic E-state index is 9.74. The average molecular weight is 468 g/mol. The lowest BCUT2D eigenvalue weighted by Crippen LogP contribution is -2.33. The van der Waals surface area contributed by atoms with Crippen molar-refractivity contribution in [1.82, 2.24) is 4.90 Å². The van der Waals surface area contributed by atoms with Gasteiger partial charge in [0.15, 0.2) is 0 Å². The van der Waals surface area contributed by atoms with Gasteiger partial charge in [0.25, 0.3) is 0 Å². The summed E-state index contributed by atoms with van der Waals surface area (Å²) in [6.45, 7) is 4.13. The van der Waals surface area contributed by atoms with Gasteiger partial charge in [0, 0.05) is 21.7 Å². The number of terminal acetylenes is 1. The fourth-order valence-corrected chi connectivity index (χ4v) is 5.91. The van der Waals surface area contributed by atoms with Crippen LogP contribution in [0, 0.1) is 12.3 Å². The second kappa shape index (κ2) is 10.3. The Kier molecular flexibility index (Phi) is 6.85. The number of piperidine rings is 1. The van der Waals surface area contributed by atoms with E-state index >= 15 is 0 Å². The van der Waals surface area contributed by atoms with E-state index in [1.807, 2.05) is 18.2 Å². The first-order valence-corrected chi connectivity index (χ1v) is 12.8. The van der Waals surface area contributed by atoms with Crippen molar-refractivity contribution in [2.24, 2.45) is 0 Å². The minimum atomic E-state index is 0.275. The first kappa shape index (κ1) is 22.5. The van der Waals surface area contributed by atoms with Crippen molar-refractivity contribution in [2.45, 2.75) is 25.7 Å². The summed E-state index contributed by atoms with van der Waals surface area (Å²) in [5.41, 5.74) is 4.52. The molecule has 1 aliphatic rings. The van der Waals surface area contributed by atoms with Gasteiger partial charge in [-0.15, -0.1) is 17.8 Å². The van der Waals surface area contributed by atoms with E-state index < -0.39 is 0 Å². The Hall–Kier alpha value is -3.26. The molecule has 0 bridgehead atoms. The van der Waals surface area contributed by atoms with E-state index in [2.05, 4.69) is 47.2 Å². The number of benzene rings is 3. The van der Waals surface area contributed by atoms with Crippen molar-refractivity contribution in [3.63, 3.8) is 0 Å². The van der Waals surface area contributed by atoms with Crippen LogP contribution in [0.15, 0.2) is 66.7 Å². The monoisotopic (exact) mass is 467 g/mol. The van der Waals surface area contributed by atoms with Crippen molar-refractivity contribution in [3.8, 4) is 34.3 Å². The van der Waals surface area contributed by atoms with Gasteiger partial charge in [-0.05, 0) is 103 Å². The van der Waals surface area contributed by atoms with Crippen molar-refractivity contribution in [2.75, 3.05) is 26.2 Å². The fourth-order valence-electron chi connectivity index (χ4n) is 4.64. The van der Waals surface area contributed by atoms with Crippen LogP contribution >= 0.6 is 11.3 Å². The predicted molar refractivity (Wildman–Crippen MR) is 142 cm³/mol. The molecule has 5 rings (SSSR count). The van der Waals surface area contributed by atoms with E-state index in [4.69, 9.17) is 11.2 Å². The number of phenolic OH excluding ortho intramolecular Hbond substituents is 1. The van der Waals surface area contributed by atoms with E-state index in [0.29, 0.717) is 0 Å². The fraction of sp³-hybridized carbons (Fsp3) is 0.267. The molecule has 0 spiro atoms. The highest BCUT2D eigenvalue weighted by atomic mass is 32.1. The molecule has 3 nitrogen and oxygen atoms in total. The molecule has 2 heterocycles. The van der Waals surface area contributed by atoms with Crippen LogP contribution in [0.5, 0.6) is 11.5 Å². The Balaban J connectivity index is 1.35. The highest BCUT2D eigenvalue weighted by Crippen LogP contribution is 2.40. The van der Waals surface area contributed by atoms with Gasteiger partial charge in [0.2, 0.25) is 0 Å². The summed E-state index contributed by atoms with van der Waals surface area (Å²) in [6, 6.07) is 22.2. The molecular weight excluding hydrogens is 438 g/mol. The summed E-state index contributed by atoms with van der Waals surface area (Å²) in [5.74, 6) is 3.94. The molecule has 1 fully saturated rings. The summed E-state index contributed by atoms with van der Waals surface area (Å²) >= 11 is 1.75. The third-order valence-electron chi connectivity index (χ3n) is 6.52. The van der Waals surface area contributed by atoms with Gasteiger partial charge in [-0.1, -0.05) is 30.5 Å². The average Bonchev–Trinajstić information content (AvgIpc) is 3.23. The van der Waals surface area contributed by atoms with Crippen LogP contribution in [0.4, 0.5) is 0 Å². The smallest absolute Gasteiger partial charge is 0.119 e. The molecule has 4 heteroatoms. The van der Waals surface area contributed by atoms with E-state index in [1.54, 1.807) is 23.5 Å². The lowest BCUT2D eigenvalue weighted by Gasteiger charge is -2.26. The molecule has 0 atom stereocenters. The highest BCUT2D eigenvalue weighted by molar-refractivity contribution is 7.22. The Morgan fingerprint density at radius 3 is 2.44 bits per heavy atom. The lowest BCUT2D eigenvalue weighted by atomic mass is 9.98. The van der Waals surface area contributed by atoms with Gasteiger partial charge in [-0.2, -0.15) is 0 Å². The normalized spacial score (nSPS) is 14.2.